The first-order chi connectivity index (χ1) is 11.1. The number of benzene rings is 1. The molecule has 1 heterocycles. The summed E-state index contributed by atoms with van der Waals surface area (Å²) in [6.07, 6.45) is 3.50. The Morgan fingerprint density at radius 2 is 1.91 bits per heavy atom. The average molecular weight is 332 g/mol. The third-order valence-corrected chi connectivity index (χ3v) is 4.65. The van der Waals surface area contributed by atoms with Crippen LogP contribution in [0.2, 0.25) is 0 Å². The molecule has 23 heavy (non-hydrogen) atoms. The van der Waals surface area contributed by atoms with Crippen molar-refractivity contribution < 1.29 is 4.79 Å². The number of carbonyl (C=O) groups excluding carboxylic acids is 1. The molecule has 0 unspecified atom stereocenters. The number of aryl methyl sites for hydroxylation is 2. The molecular formula is C17H24N4OS. The zero-order valence-corrected chi connectivity index (χ0v) is 15.0. The Bertz CT molecular complexity index is 644. The van der Waals surface area contributed by atoms with Crippen LogP contribution in [0.3, 0.4) is 0 Å². The van der Waals surface area contributed by atoms with Gasteiger partial charge in [-0.2, -0.15) is 0 Å². The third-order valence-electron chi connectivity index (χ3n) is 3.69. The molecule has 0 bridgehead atoms. The Hall–Kier alpha value is -1.82. The lowest BCUT2D eigenvalue weighted by atomic mass is 10.0. The van der Waals surface area contributed by atoms with Gasteiger partial charge in [0.1, 0.15) is 6.33 Å². The molecule has 1 amide bonds. The van der Waals surface area contributed by atoms with Gasteiger partial charge in [0.2, 0.25) is 5.91 Å². The van der Waals surface area contributed by atoms with Gasteiger partial charge < -0.3 is 9.88 Å². The van der Waals surface area contributed by atoms with Gasteiger partial charge in [-0.15, -0.1) is 10.2 Å². The lowest BCUT2D eigenvalue weighted by molar-refractivity contribution is -0.113. The molecule has 0 saturated heterocycles. The average Bonchev–Trinajstić information content (AvgIpc) is 3.02. The van der Waals surface area contributed by atoms with E-state index in [0.29, 0.717) is 5.75 Å². The van der Waals surface area contributed by atoms with E-state index in [2.05, 4.69) is 55.3 Å². The largest absolute Gasteiger partial charge is 0.325 e. The zero-order valence-electron chi connectivity index (χ0n) is 14.2. The number of nitrogens with one attached hydrogen (secondary N) is 1. The van der Waals surface area contributed by atoms with Crippen LogP contribution in [0.15, 0.2) is 29.7 Å². The predicted octanol–water partition coefficient (Wildman–Crippen LogP) is 3.71. The van der Waals surface area contributed by atoms with Crippen molar-refractivity contribution in [3.63, 3.8) is 0 Å². The van der Waals surface area contributed by atoms with Gasteiger partial charge in [0, 0.05) is 11.7 Å². The standard InChI is InChI=1S/C17H24N4OS/c1-5-13-8-7-9-14(6-2)16(13)19-15(22)10-23-17-20-18-11-21(17)12(3)4/h7-9,11-12H,5-6,10H2,1-4H3,(H,19,22). The molecule has 6 heteroatoms. The number of rotatable bonds is 7. The lowest BCUT2D eigenvalue weighted by Crippen LogP contribution is -2.17. The van der Waals surface area contributed by atoms with Crippen LogP contribution in [-0.4, -0.2) is 26.4 Å². The molecule has 0 aliphatic rings. The molecule has 2 aromatic rings. The van der Waals surface area contributed by atoms with Crippen molar-refractivity contribution in [2.75, 3.05) is 11.1 Å². The van der Waals surface area contributed by atoms with Gasteiger partial charge in [-0.25, -0.2) is 0 Å². The number of thioether (sulfide) groups is 1. The second kappa shape index (κ2) is 8.15. The first-order valence-corrected chi connectivity index (χ1v) is 8.98. The number of anilines is 1. The Kier molecular flexibility index (Phi) is 6.21. The van der Waals surface area contributed by atoms with E-state index in [4.69, 9.17) is 0 Å². The maximum atomic E-state index is 12.3. The molecule has 0 fully saturated rings. The van der Waals surface area contributed by atoms with Crippen molar-refractivity contribution in [1.29, 1.82) is 0 Å². The molecule has 1 aromatic carbocycles. The summed E-state index contributed by atoms with van der Waals surface area (Å²) < 4.78 is 1.97. The lowest BCUT2D eigenvalue weighted by Gasteiger charge is -2.14. The highest BCUT2D eigenvalue weighted by Gasteiger charge is 2.13. The van der Waals surface area contributed by atoms with E-state index in [0.717, 1.165) is 23.7 Å². The summed E-state index contributed by atoms with van der Waals surface area (Å²) in [5, 5.41) is 11.8. The molecule has 1 N–H and O–H groups in total. The summed E-state index contributed by atoms with van der Waals surface area (Å²) in [7, 11) is 0. The summed E-state index contributed by atoms with van der Waals surface area (Å²) in [5.74, 6) is 0.316. The van der Waals surface area contributed by atoms with Gasteiger partial charge in [-0.05, 0) is 37.8 Å². The van der Waals surface area contributed by atoms with Crippen molar-refractivity contribution in [3.8, 4) is 0 Å². The van der Waals surface area contributed by atoms with Gasteiger partial charge in [0.05, 0.1) is 5.75 Å². The van der Waals surface area contributed by atoms with Crippen LogP contribution in [0.1, 0.15) is 44.9 Å². The summed E-state index contributed by atoms with van der Waals surface area (Å²) >= 11 is 1.41. The van der Waals surface area contributed by atoms with E-state index >= 15 is 0 Å². The topological polar surface area (TPSA) is 59.8 Å². The number of nitrogens with zero attached hydrogens (tertiary/aromatic N) is 3. The van der Waals surface area contributed by atoms with Gasteiger partial charge >= 0.3 is 0 Å². The minimum absolute atomic E-state index is 0.0103. The Morgan fingerprint density at radius 1 is 1.26 bits per heavy atom. The van der Waals surface area contributed by atoms with Gasteiger partial charge in [0.25, 0.3) is 0 Å². The molecule has 124 valence electrons. The normalized spacial score (nSPS) is 11.0. The fraction of sp³-hybridized carbons (Fsp3) is 0.471. The number of hydrogen-bond acceptors (Lipinski definition) is 4. The minimum Gasteiger partial charge on any atom is -0.325 e. The second-order valence-corrected chi connectivity index (χ2v) is 6.55. The summed E-state index contributed by atoms with van der Waals surface area (Å²) in [4.78, 5) is 12.3. The predicted molar refractivity (Wildman–Crippen MR) is 95.0 cm³/mol. The Balaban J connectivity index is 2.04. The Labute approximate surface area is 141 Å². The van der Waals surface area contributed by atoms with E-state index in [9.17, 15) is 4.79 Å². The smallest absolute Gasteiger partial charge is 0.234 e. The number of carbonyl (C=O) groups is 1. The highest BCUT2D eigenvalue weighted by atomic mass is 32.2. The molecule has 0 saturated carbocycles. The van der Waals surface area contributed by atoms with Crippen LogP contribution < -0.4 is 5.32 Å². The van der Waals surface area contributed by atoms with E-state index in [1.807, 2.05) is 10.6 Å². The molecule has 0 atom stereocenters. The SMILES string of the molecule is CCc1cccc(CC)c1NC(=O)CSc1nncn1C(C)C. The molecule has 0 aliphatic heterocycles. The quantitative estimate of drug-likeness (QED) is 0.785. The summed E-state index contributed by atoms with van der Waals surface area (Å²) in [5.41, 5.74) is 3.31. The fourth-order valence-corrected chi connectivity index (χ4v) is 3.24. The summed E-state index contributed by atoms with van der Waals surface area (Å²) in [6, 6.07) is 6.46. The molecule has 2 rings (SSSR count). The number of amides is 1. The summed E-state index contributed by atoms with van der Waals surface area (Å²) in [6.45, 7) is 8.34. The number of aromatic nitrogens is 3. The van der Waals surface area contributed by atoms with Gasteiger partial charge in [-0.1, -0.05) is 43.8 Å². The van der Waals surface area contributed by atoms with Crippen LogP contribution in [0, 0.1) is 0 Å². The van der Waals surface area contributed by atoms with Crippen LogP contribution >= 0.6 is 11.8 Å². The van der Waals surface area contributed by atoms with Crippen molar-refractivity contribution in [2.45, 2.75) is 51.7 Å². The molecule has 5 nitrogen and oxygen atoms in total. The van der Waals surface area contributed by atoms with Gasteiger partial charge in [0.15, 0.2) is 5.16 Å². The Morgan fingerprint density at radius 3 is 2.48 bits per heavy atom. The van der Waals surface area contributed by atoms with Crippen molar-refractivity contribution in [3.05, 3.63) is 35.7 Å². The van der Waals surface area contributed by atoms with Crippen LogP contribution in [0.25, 0.3) is 0 Å². The fourth-order valence-electron chi connectivity index (χ4n) is 2.40. The van der Waals surface area contributed by atoms with Crippen molar-refractivity contribution >= 4 is 23.4 Å². The second-order valence-electron chi connectivity index (χ2n) is 5.61. The monoisotopic (exact) mass is 332 g/mol. The number of hydrogen-bond donors (Lipinski definition) is 1. The zero-order chi connectivity index (χ0) is 16.8. The van der Waals surface area contributed by atoms with E-state index in [1.54, 1.807) is 6.33 Å². The molecule has 0 aliphatic carbocycles. The first-order valence-electron chi connectivity index (χ1n) is 7.99. The van der Waals surface area contributed by atoms with E-state index < -0.39 is 0 Å². The van der Waals surface area contributed by atoms with E-state index in [-0.39, 0.29) is 11.9 Å². The third kappa shape index (κ3) is 4.34. The van der Waals surface area contributed by atoms with Crippen molar-refractivity contribution in [2.24, 2.45) is 0 Å². The van der Waals surface area contributed by atoms with Crippen molar-refractivity contribution in [1.82, 2.24) is 14.8 Å². The molecule has 0 spiro atoms. The van der Waals surface area contributed by atoms with Crippen LogP contribution in [0.4, 0.5) is 5.69 Å². The number of para-hydroxylation sites is 1. The molecule has 0 radical (unpaired) electrons. The highest BCUT2D eigenvalue weighted by Crippen LogP contribution is 2.24. The van der Waals surface area contributed by atoms with Crippen LogP contribution in [0.5, 0.6) is 0 Å². The highest BCUT2D eigenvalue weighted by molar-refractivity contribution is 7.99. The maximum absolute atomic E-state index is 12.3. The maximum Gasteiger partial charge on any atom is 0.234 e. The minimum atomic E-state index is -0.0103. The molecule has 1 aromatic heterocycles. The van der Waals surface area contributed by atoms with Crippen LogP contribution in [-0.2, 0) is 17.6 Å². The van der Waals surface area contributed by atoms with Gasteiger partial charge in [-0.3, -0.25) is 4.79 Å². The molecular weight excluding hydrogens is 308 g/mol. The van der Waals surface area contributed by atoms with E-state index in [1.165, 1.54) is 22.9 Å². The first kappa shape index (κ1) is 17.5.